The first kappa shape index (κ1) is 18.4. The van der Waals surface area contributed by atoms with Gasteiger partial charge in [-0.3, -0.25) is 14.4 Å². The third kappa shape index (κ3) is 4.79. The Morgan fingerprint density at radius 1 is 1.12 bits per heavy atom. The average molecular weight is 341 g/mol. The molecule has 2 rings (SSSR count). The molecule has 25 heavy (non-hydrogen) atoms. The van der Waals surface area contributed by atoms with E-state index < -0.39 is 11.5 Å². The molecule has 2 aromatic rings. The van der Waals surface area contributed by atoms with Crippen molar-refractivity contribution >= 4 is 17.5 Å². The van der Waals surface area contributed by atoms with Crippen LogP contribution in [0.15, 0.2) is 41.2 Å². The predicted octanol–water partition coefficient (Wildman–Crippen LogP) is 2.48. The van der Waals surface area contributed by atoms with Crippen molar-refractivity contribution in [2.24, 2.45) is 0 Å². The molecular weight excluding hydrogens is 318 g/mol. The summed E-state index contributed by atoms with van der Waals surface area (Å²) in [4.78, 5) is 41.0. The number of aromatic amines is 1. The summed E-state index contributed by atoms with van der Waals surface area (Å²) in [7, 11) is 0. The highest BCUT2D eigenvalue weighted by atomic mass is 16.2. The molecular formula is C19H23N3O3. The van der Waals surface area contributed by atoms with Crippen molar-refractivity contribution in [3.05, 3.63) is 63.6 Å². The lowest BCUT2D eigenvalue weighted by Crippen LogP contribution is -2.40. The van der Waals surface area contributed by atoms with Crippen LogP contribution in [0, 0.1) is 13.8 Å². The molecule has 0 bridgehead atoms. The number of aryl methyl sites for hydroxylation is 2. The molecule has 1 heterocycles. The maximum absolute atomic E-state index is 12.6. The van der Waals surface area contributed by atoms with Gasteiger partial charge in [0.05, 0.1) is 0 Å². The highest BCUT2D eigenvalue weighted by molar-refractivity contribution is 5.99. The minimum atomic E-state index is -0.442. The van der Waals surface area contributed by atoms with Gasteiger partial charge in [0, 0.05) is 17.9 Å². The number of hydrogen-bond acceptors (Lipinski definition) is 3. The summed E-state index contributed by atoms with van der Waals surface area (Å²) >= 11 is 0. The lowest BCUT2D eigenvalue weighted by atomic mass is 10.2. The maximum Gasteiger partial charge on any atom is 0.260 e. The second-order valence-electron chi connectivity index (χ2n) is 5.97. The van der Waals surface area contributed by atoms with Crippen LogP contribution in [-0.4, -0.2) is 34.8 Å². The minimum Gasteiger partial charge on any atom is -0.329 e. The van der Waals surface area contributed by atoms with Crippen LogP contribution in [0.2, 0.25) is 0 Å². The Kier molecular flexibility index (Phi) is 6.11. The third-order valence-corrected chi connectivity index (χ3v) is 3.82. The molecule has 0 aliphatic heterocycles. The number of hydrogen-bond donors (Lipinski definition) is 2. The van der Waals surface area contributed by atoms with E-state index in [4.69, 9.17) is 0 Å². The van der Waals surface area contributed by atoms with Crippen molar-refractivity contribution in [1.82, 2.24) is 9.88 Å². The molecule has 6 nitrogen and oxygen atoms in total. The first-order chi connectivity index (χ1) is 11.9. The number of carbonyl (C=O) groups is 2. The Bertz CT molecular complexity index is 827. The molecule has 0 fully saturated rings. The van der Waals surface area contributed by atoms with Gasteiger partial charge in [-0.1, -0.05) is 25.1 Å². The van der Waals surface area contributed by atoms with Gasteiger partial charge in [-0.15, -0.1) is 0 Å². The van der Waals surface area contributed by atoms with Crippen LogP contribution in [0.25, 0.3) is 0 Å². The Morgan fingerprint density at radius 2 is 1.84 bits per heavy atom. The number of nitrogens with one attached hydrogen (secondary N) is 2. The molecule has 0 saturated carbocycles. The molecule has 2 N–H and O–H groups in total. The summed E-state index contributed by atoms with van der Waals surface area (Å²) in [5.41, 5.74) is 1.94. The Morgan fingerprint density at radius 3 is 2.48 bits per heavy atom. The first-order valence-corrected chi connectivity index (χ1v) is 8.27. The fourth-order valence-electron chi connectivity index (χ4n) is 2.51. The van der Waals surface area contributed by atoms with E-state index >= 15 is 0 Å². The third-order valence-electron chi connectivity index (χ3n) is 3.82. The largest absolute Gasteiger partial charge is 0.329 e. The van der Waals surface area contributed by atoms with Crippen molar-refractivity contribution in [3.63, 3.8) is 0 Å². The smallest absolute Gasteiger partial charge is 0.260 e. The number of benzene rings is 1. The van der Waals surface area contributed by atoms with Crippen LogP contribution in [0.5, 0.6) is 0 Å². The van der Waals surface area contributed by atoms with E-state index in [9.17, 15) is 14.4 Å². The molecule has 2 amide bonds. The minimum absolute atomic E-state index is 0.0442. The molecule has 0 spiro atoms. The molecule has 6 heteroatoms. The summed E-state index contributed by atoms with van der Waals surface area (Å²) < 4.78 is 0. The van der Waals surface area contributed by atoms with E-state index in [1.165, 1.54) is 11.0 Å². The van der Waals surface area contributed by atoms with Crippen molar-refractivity contribution in [2.75, 3.05) is 18.4 Å². The second kappa shape index (κ2) is 8.28. The van der Waals surface area contributed by atoms with Gasteiger partial charge in [-0.25, -0.2) is 0 Å². The molecule has 132 valence electrons. The number of rotatable bonds is 6. The van der Waals surface area contributed by atoms with Gasteiger partial charge in [0.2, 0.25) is 5.91 Å². The van der Waals surface area contributed by atoms with Gasteiger partial charge in [0.15, 0.2) is 0 Å². The molecule has 0 aliphatic rings. The lowest BCUT2D eigenvalue weighted by Gasteiger charge is -2.21. The zero-order valence-electron chi connectivity index (χ0n) is 14.8. The second-order valence-corrected chi connectivity index (χ2v) is 5.97. The fourth-order valence-corrected chi connectivity index (χ4v) is 2.51. The van der Waals surface area contributed by atoms with Crippen LogP contribution in [0.4, 0.5) is 5.69 Å². The van der Waals surface area contributed by atoms with Gasteiger partial charge in [-0.2, -0.15) is 0 Å². The van der Waals surface area contributed by atoms with E-state index in [1.54, 1.807) is 13.0 Å². The topological polar surface area (TPSA) is 82.3 Å². The number of anilines is 1. The Hall–Kier alpha value is -2.89. The Labute approximate surface area is 146 Å². The van der Waals surface area contributed by atoms with Crippen LogP contribution in [0.1, 0.15) is 35.0 Å². The van der Waals surface area contributed by atoms with Crippen LogP contribution >= 0.6 is 0 Å². The van der Waals surface area contributed by atoms with Crippen molar-refractivity contribution in [3.8, 4) is 0 Å². The predicted molar refractivity (Wildman–Crippen MR) is 97.8 cm³/mol. The van der Waals surface area contributed by atoms with Gasteiger partial charge >= 0.3 is 0 Å². The molecule has 0 saturated heterocycles. The quantitative estimate of drug-likeness (QED) is 0.847. The summed E-state index contributed by atoms with van der Waals surface area (Å²) in [5.74, 6) is -0.734. The highest BCUT2D eigenvalue weighted by Crippen LogP contribution is 2.13. The highest BCUT2D eigenvalue weighted by Gasteiger charge is 2.21. The molecule has 0 unspecified atom stereocenters. The number of carbonyl (C=O) groups excluding carboxylic acids is 2. The van der Waals surface area contributed by atoms with Crippen LogP contribution in [0.3, 0.4) is 0 Å². The molecule has 0 atom stereocenters. The van der Waals surface area contributed by atoms with Crippen molar-refractivity contribution < 1.29 is 9.59 Å². The zero-order chi connectivity index (χ0) is 18.4. The van der Waals surface area contributed by atoms with Crippen LogP contribution < -0.4 is 10.9 Å². The molecule has 0 radical (unpaired) electrons. The van der Waals surface area contributed by atoms with E-state index in [0.717, 1.165) is 5.56 Å². The Balaban J connectivity index is 2.14. The zero-order valence-corrected chi connectivity index (χ0v) is 14.8. The molecule has 1 aromatic carbocycles. The summed E-state index contributed by atoms with van der Waals surface area (Å²) in [6, 6.07) is 10.6. The normalized spacial score (nSPS) is 10.4. The van der Waals surface area contributed by atoms with E-state index in [1.807, 2.05) is 38.1 Å². The van der Waals surface area contributed by atoms with Gasteiger partial charge in [-0.05, 0) is 44.0 Å². The number of amides is 2. The fraction of sp³-hybridized carbons (Fsp3) is 0.316. The number of H-pyrrole nitrogens is 1. The van der Waals surface area contributed by atoms with E-state index in [2.05, 4.69) is 10.3 Å². The van der Waals surface area contributed by atoms with Crippen LogP contribution in [-0.2, 0) is 4.79 Å². The van der Waals surface area contributed by atoms with E-state index in [0.29, 0.717) is 24.3 Å². The summed E-state index contributed by atoms with van der Waals surface area (Å²) in [6.07, 6.45) is 0.688. The molecule has 0 aliphatic carbocycles. The van der Waals surface area contributed by atoms with Gasteiger partial charge in [0.1, 0.15) is 12.1 Å². The number of nitrogens with zero attached hydrogens (tertiary/aromatic N) is 1. The standard InChI is InChI=1S/C19H23N3O3/c1-4-11-22(19(25)15-10-9-14(3)20-18(15)24)12-17(23)21-16-8-6-5-7-13(16)2/h5-10H,4,11-12H2,1-3H3,(H,20,24)(H,21,23). The summed E-state index contributed by atoms with van der Waals surface area (Å²) in [5, 5.41) is 2.81. The first-order valence-electron chi connectivity index (χ1n) is 8.27. The number of aromatic nitrogens is 1. The van der Waals surface area contributed by atoms with Crippen molar-refractivity contribution in [1.29, 1.82) is 0 Å². The van der Waals surface area contributed by atoms with Gasteiger partial charge < -0.3 is 15.2 Å². The maximum atomic E-state index is 12.6. The monoisotopic (exact) mass is 341 g/mol. The lowest BCUT2D eigenvalue weighted by molar-refractivity contribution is -0.116. The van der Waals surface area contributed by atoms with Gasteiger partial charge in [0.25, 0.3) is 11.5 Å². The number of para-hydroxylation sites is 1. The summed E-state index contributed by atoms with van der Waals surface area (Å²) in [6.45, 7) is 5.85. The van der Waals surface area contributed by atoms with Crippen molar-refractivity contribution in [2.45, 2.75) is 27.2 Å². The average Bonchev–Trinajstić information content (AvgIpc) is 2.56. The SMILES string of the molecule is CCCN(CC(=O)Nc1ccccc1C)C(=O)c1ccc(C)[nH]c1=O. The molecule has 1 aromatic heterocycles. The van der Waals surface area contributed by atoms with E-state index in [-0.39, 0.29) is 18.0 Å². The number of pyridine rings is 1.